The van der Waals surface area contributed by atoms with Gasteiger partial charge in [0.05, 0.1) is 18.3 Å². The van der Waals surface area contributed by atoms with Crippen molar-refractivity contribution in [3.63, 3.8) is 0 Å². The van der Waals surface area contributed by atoms with Gasteiger partial charge in [-0.3, -0.25) is 29.4 Å². The maximum Gasteiger partial charge on any atom is 0.331 e. The number of aliphatic imine (C=N–C) groups is 2. The zero-order valence-electron chi connectivity index (χ0n) is 40.6. The van der Waals surface area contributed by atoms with Gasteiger partial charge in [-0.2, -0.15) is 0 Å². The molecule has 3 N–H and O–H groups in total. The minimum Gasteiger partial charge on any atom is -0.356 e. The van der Waals surface area contributed by atoms with Crippen LogP contribution in [0.15, 0.2) is 131 Å². The lowest BCUT2D eigenvalue weighted by Crippen LogP contribution is -2.50. The Balaban J connectivity index is 0.00000715. The first-order chi connectivity index (χ1) is 31.4. The van der Waals surface area contributed by atoms with Crippen LogP contribution in [0.3, 0.4) is 0 Å². The number of urea groups is 1. The number of amides is 4. The van der Waals surface area contributed by atoms with E-state index in [0.717, 1.165) is 43.9 Å². The number of piperidine rings is 2. The number of imide groups is 1. The van der Waals surface area contributed by atoms with E-state index in [1.54, 1.807) is 31.4 Å². The smallest absolute Gasteiger partial charge is 0.331 e. The fourth-order valence-corrected chi connectivity index (χ4v) is 7.67. The van der Waals surface area contributed by atoms with Crippen LogP contribution >= 0.6 is 0 Å². The van der Waals surface area contributed by atoms with Gasteiger partial charge in [-0.1, -0.05) is 101 Å². The Bertz CT molecular complexity index is 1890. The summed E-state index contributed by atoms with van der Waals surface area (Å²) in [7, 11) is 1.64. The molecule has 0 radical (unpaired) electrons. The Morgan fingerprint density at radius 2 is 1.68 bits per heavy atom. The van der Waals surface area contributed by atoms with E-state index < -0.39 is 23.8 Å². The summed E-state index contributed by atoms with van der Waals surface area (Å²) in [6.07, 6.45) is 27.4. The molecule has 0 spiro atoms. The Morgan fingerprint density at radius 3 is 2.29 bits per heavy atom. The van der Waals surface area contributed by atoms with Crippen LogP contribution in [0.1, 0.15) is 110 Å². The summed E-state index contributed by atoms with van der Waals surface area (Å²) in [6.45, 7) is 24.5. The molecule has 1 aromatic carbocycles. The third kappa shape index (κ3) is 21.0. The second-order valence-electron chi connectivity index (χ2n) is 16.2. The third-order valence-electron chi connectivity index (χ3n) is 11.5. The summed E-state index contributed by atoms with van der Waals surface area (Å²) in [5.74, 6) is -1.51. The van der Waals surface area contributed by atoms with Crippen LogP contribution in [0.25, 0.3) is 0 Å². The molecule has 0 aliphatic carbocycles. The molecule has 356 valence electrons. The number of hydrogen-bond acceptors (Lipinski definition) is 8. The number of nitrogens with one attached hydrogen (secondary N) is 1. The topological polar surface area (TPSA) is 127 Å². The van der Waals surface area contributed by atoms with Gasteiger partial charge in [0.15, 0.2) is 0 Å². The average molecular weight is 895 g/mol. The molecule has 1 unspecified atom stereocenters. The van der Waals surface area contributed by atoms with Gasteiger partial charge in [-0.15, -0.1) is 0 Å². The van der Waals surface area contributed by atoms with Crippen molar-refractivity contribution in [2.24, 2.45) is 15.7 Å². The molecule has 2 heterocycles. The Labute approximate surface area is 390 Å². The van der Waals surface area contributed by atoms with Crippen molar-refractivity contribution in [2.45, 2.75) is 124 Å². The van der Waals surface area contributed by atoms with Crippen LogP contribution in [0.5, 0.6) is 0 Å². The number of rotatable bonds is 23. The fourth-order valence-electron chi connectivity index (χ4n) is 7.67. The molecule has 11 nitrogen and oxygen atoms in total. The summed E-state index contributed by atoms with van der Waals surface area (Å²) in [5, 5.41) is 2.88. The van der Waals surface area contributed by atoms with Crippen molar-refractivity contribution >= 4 is 30.3 Å². The third-order valence-corrected chi connectivity index (χ3v) is 11.5. The van der Waals surface area contributed by atoms with E-state index in [4.69, 9.17) is 5.73 Å². The average Bonchev–Trinajstić information content (AvgIpc) is 3.32. The number of nitrogens with two attached hydrogens (primary N) is 1. The SMILES string of the molecule is C=C/C=C\C=C(/CN)N=CCC(=O)NCCCC(CC)N(C(=O)/C(C)=C/N=CC(=C)F)C(=O)N(C)/C(C)=C/C=C\C(=C/C)Cc1ccc(CN2CCC(N3CCCCC3)CC2)cc1.CC. The molecule has 0 bridgehead atoms. The number of allylic oxidation sites excluding steroid dienone is 11. The molecule has 1 atom stereocenters. The van der Waals surface area contributed by atoms with E-state index in [-0.39, 0.29) is 24.4 Å². The van der Waals surface area contributed by atoms with Gasteiger partial charge in [-0.25, -0.2) is 9.18 Å². The van der Waals surface area contributed by atoms with E-state index >= 15 is 0 Å². The van der Waals surface area contributed by atoms with Gasteiger partial charge < -0.3 is 20.9 Å². The molecule has 65 heavy (non-hydrogen) atoms. The number of carbonyl (C=O) groups is 3. The molecular weight excluding hydrogens is 816 g/mol. The summed E-state index contributed by atoms with van der Waals surface area (Å²) in [6, 6.07) is 8.70. The highest BCUT2D eigenvalue weighted by Gasteiger charge is 2.32. The number of hydrogen-bond donors (Lipinski definition) is 2. The van der Waals surface area contributed by atoms with Gasteiger partial charge in [0.1, 0.15) is 5.83 Å². The molecule has 3 rings (SSSR count). The Kier molecular flexibility index (Phi) is 27.8. The minimum absolute atomic E-state index is 0.0740. The van der Waals surface area contributed by atoms with E-state index in [0.29, 0.717) is 37.2 Å². The summed E-state index contributed by atoms with van der Waals surface area (Å²) >= 11 is 0. The number of benzene rings is 1. The van der Waals surface area contributed by atoms with Crippen LogP contribution in [-0.4, -0.2) is 108 Å². The predicted octanol–water partition coefficient (Wildman–Crippen LogP) is 10.2. The van der Waals surface area contributed by atoms with Gasteiger partial charge >= 0.3 is 6.03 Å². The first-order valence-electron chi connectivity index (χ1n) is 23.6. The van der Waals surface area contributed by atoms with Crippen molar-refractivity contribution in [1.29, 1.82) is 0 Å². The van der Waals surface area contributed by atoms with E-state index in [2.05, 4.69) is 68.6 Å². The molecule has 12 heteroatoms. The molecule has 0 aromatic heterocycles. The molecule has 2 fully saturated rings. The first-order valence-corrected chi connectivity index (χ1v) is 23.6. The highest BCUT2D eigenvalue weighted by molar-refractivity contribution is 6.04. The zero-order valence-corrected chi connectivity index (χ0v) is 40.6. The first kappa shape index (κ1) is 55.8. The Morgan fingerprint density at radius 1 is 1.00 bits per heavy atom. The Hall–Kier alpha value is -5.30. The molecule has 2 saturated heterocycles. The predicted molar refractivity (Wildman–Crippen MR) is 270 cm³/mol. The fraction of sp³-hybridized carbons (Fsp3) is 0.491. The molecule has 1 aromatic rings. The zero-order chi connectivity index (χ0) is 48.0. The lowest BCUT2D eigenvalue weighted by Gasteiger charge is -2.40. The standard InChI is InChI=1S/C51H73FN8O3.C2H6/c1-8-11-13-20-46(36-53)55-30-26-49(61)56-29-17-21-47(10-3)60(50(62)40(4)37-54-38-41(5)52)51(63)57(7)42(6)18-16-19-43(9-2)35-44-22-24-45(25-23-44)39-58-33-27-48(28-34-58)59-31-14-12-15-32-59;1-2/h8-9,11,13,16,18-20,22-25,30,37-38,47-48H,1,5,10,12,14-15,17,21,26-29,31-36,39,53H2,2-4,6-7H3,(H,56,61);1-2H3/b13-11-,19-16-,40-37+,42-18+,43-9+,46-20+,54-38?,55-30?;. The minimum atomic E-state index is -0.757. The van der Waals surface area contributed by atoms with E-state index in [9.17, 15) is 18.8 Å². The second-order valence-corrected chi connectivity index (χ2v) is 16.2. The highest BCUT2D eigenvalue weighted by Crippen LogP contribution is 2.23. The van der Waals surface area contributed by atoms with Gasteiger partial charge in [0.2, 0.25) is 5.91 Å². The number of halogens is 1. The van der Waals surface area contributed by atoms with Crippen molar-refractivity contribution in [2.75, 3.05) is 46.3 Å². The quantitative estimate of drug-likeness (QED) is 0.0488. The second kappa shape index (κ2) is 32.4. The van der Waals surface area contributed by atoms with Crippen LogP contribution in [0.2, 0.25) is 0 Å². The van der Waals surface area contributed by atoms with Crippen LogP contribution in [-0.2, 0) is 22.6 Å². The summed E-state index contributed by atoms with van der Waals surface area (Å²) < 4.78 is 13.3. The lowest BCUT2D eigenvalue weighted by molar-refractivity contribution is -0.126. The maximum atomic E-state index is 14.2. The number of likely N-dealkylation sites (tertiary alicyclic amines) is 2. The molecule has 0 saturated carbocycles. The van der Waals surface area contributed by atoms with Gasteiger partial charge in [0, 0.05) is 62.5 Å². The lowest BCUT2D eigenvalue weighted by atomic mass is 9.99. The van der Waals surface area contributed by atoms with E-state index in [1.807, 2.05) is 52.8 Å². The summed E-state index contributed by atoms with van der Waals surface area (Å²) in [4.78, 5) is 56.7. The molecular formula is C53H79FN8O3. The van der Waals surface area contributed by atoms with E-state index in [1.165, 1.54) is 85.5 Å². The van der Waals surface area contributed by atoms with Crippen LogP contribution in [0, 0.1) is 0 Å². The van der Waals surface area contributed by atoms with Crippen LogP contribution in [0.4, 0.5) is 9.18 Å². The molecule has 2 aliphatic heterocycles. The van der Waals surface area contributed by atoms with Crippen molar-refractivity contribution < 1.29 is 18.8 Å². The number of carbonyl (C=O) groups excluding carboxylic acids is 3. The number of nitrogens with zero attached hydrogens (tertiary/aromatic N) is 6. The monoisotopic (exact) mass is 895 g/mol. The van der Waals surface area contributed by atoms with Crippen LogP contribution < -0.4 is 11.1 Å². The summed E-state index contributed by atoms with van der Waals surface area (Å²) in [5.41, 5.74) is 10.9. The largest absolute Gasteiger partial charge is 0.356 e. The van der Waals surface area contributed by atoms with Gasteiger partial charge in [-0.05, 0) is 127 Å². The maximum absolute atomic E-state index is 14.2. The van der Waals surface area contributed by atoms with Crippen molar-refractivity contribution in [1.82, 2.24) is 24.9 Å². The van der Waals surface area contributed by atoms with Gasteiger partial charge in [0.25, 0.3) is 5.91 Å². The van der Waals surface area contributed by atoms with Crippen molar-refractivity contribution in [3.05, 3.63) is 132 Å². The van der Waals surface area contributed by atoms with Crippen molar-refractivity contribution in [3.8, 4) is 0 Å². The normalized spacial score (nSPS) is 16.8. The highest BCUT2D eigenvalue weighted by atomic mass is 19.1. The molecule has 4 amide bonds. The molecule has 2 aliphatic rings.